The van der Waals surface area contributed by atoms with Crippen molar-refractivity contribution in [2.24, 2.45) is 0 Å². The molecule has 1 unspecified atom stereocenters. The molecule has 2 rings (SSSR count). The third kappa shape index (κ3) is 3.66. The average molecular weight is 314 g/mol. The number of aromatic amines is 1. The van der Waals surface area contributed by atoms with Crippen molar-refractivity contribution < 1.29 is 8.42 Å². The van der Waals surface area contributed by atoms with Gasteiger partial charge in [-0.2, -0.15) is 5.10 Å². The molecule has 0 fully saturated rings. The summed E-state index contributed by atoms with van der Waals surface area (Å²) >= 11 is 1.23. The second-order valence-electron chi connectivity index (χ2n) is 4.43. The van der Waals surface area contributed by atoms with E-state index < -0.39 is 10.0 Å². The maximum atomic E-state index is 12.3. The van der Waals surface area contributed by atoms with E-state index in [1.54, 1.807) is 25.4 Å². The molecule has 0 saturated carbocycles. The molecule has 1 atom stereocenters. The summed E-state index contributed by atoms with van der Waals surface area (Å²) in [6.07, 6.45) is 3.29. The molecule has 2 aromatic rings. The summed E-state index contributed by atoms with van der Waals surface area (Å²) in [5.74, 6) is 0. The first-order valence-electron chi connectivity index (χ1n) is 6.32. The smallest absolute Gasteiger partial charge is 0.250 e. The van der Waals surface area contributed by atoms with E-state index in [0.717, 1.165) is 17.7 Å². The van der Waals surface area contributed by atoms with Crippen molar-refractivity contribution >= 4 is 21.4 Å². The molecule has 0 aliphatic carbocycles. The summed E-state index contributed by atoms with van der Waals surface area (Å²) in [5.41, 5.74) is 1.78. The minimum absolute atomic E-state index is 0.321. The molecule has 0 aliphatic rings. The number of thiophene rings is 1. The van der Waals surface area contributed by atoms with E-state index in [-0.39, 0.29) is 6.04 Å². The quantitative estimate of drug-likeness (QED) is 0.725. The summed E-state index contributed by atoms with van der Waals surface area (Å²) in [6.45, 7) is 5.33. The number of sulfonamides is 1. The van der Waals surface area contributed by atoms with Gasteiger partial charge in [-0.15, -0.1) is 11.3 Å². The number of H-pyrrole nitrogens is 1. The molecular formula is C12H18N4O2S2. The summed E-state index contributed by atoms with van der Waals surface area (Å²) in [6, 6.07) is 1.38. The van der Waals surface area contributed by atoms with Gasteiger partial charge in [0.25, 0.3) is 10.0 Å². The fourth-order valence-electron chi connectivity index (χ4n) is 1.71. The van der Waals surface area contributed by atoms with Gasteiger partial charge < -0.3 is 5.32 Å². The second-order valence-corrected chi connectivity index (χ2v) is 7.28. The highest BCUT2D eigenvalue weighted by atomic mass is 32.2. The number of hydrogen-bond acceptors (Lipinski definition) is 5. The first kappa shape index (κ1) is 15.2. The standard InChI is InChI=1S/C12H18N4O2S2/c1-3-13-5-10-4-12(19-8-10)20(17,18)16-9(2)11-6-14-15-7-11/h4,6-9,13,16H,3,5H2,1-2H3,(H,14,15). The van der Waals surface area contributed by atoms with Crippen LogP contribution in [0.1, 0.15) is 31.0 Å². The number of rotatable bonds is 7. The zero-order valence-electron chi connectivity index (χ0n) is 11.4. The van der Waals surface area contributed by atoms with Gasteiger partial charge in [0, 0.05) is 24.3 Å². The molecule has 2 heterocycles. The van der Waals surface area contributed by atoms with Crippen molar-refractivity contribution in [3.05, 3.63) is 35.0 Å². The first-order chi connectivity index (χ1) is 9.53. The lowest BCUT2D eigenvalue weighted by Crippen LogP contribution is -2.26. The van der Waals surface area contributed by atoms with Gasteiger partial charge in [-0.25, -0.2) is 13.1 Å². The van der Waals surface area contributed by atoms with E-state index in [9.17, 15) is 8.42 Å². The predicted octanol–water partition coefficient (Wildman–Crippen LogP) is 1.62. The van der Waals surface area contributed by atoms with E-state index >= 15 is 0 Å². The van der Waals surface area contributed by atoms with Gasteiger partial charge in [-0.3, -0.25) is 5.10 Å². The van der Waals surface area contributed by atoms with Crippen molar-refractivity contribution in [2.75, 3.05) is 6.54 Å². The fourth-order valence-corrected chi connectivity index (χ4v) is 4.17. The van der Waals surface area contributed by atoms with Crippen LogP contribution in [0.2, 0.25) is 0 Å². The van der Waals surface area contributed by atoms with Crippen LogP contribution in [0, 0.1) is 0 Å². The third-order valence-corrected chi connectivity index (χ3v) is 5.85. The minimum atomic E-state index is -3.49. The van der Waals surface area contributed by atoms with Gasteiger partial charge in [0.05, 0.1) is 6.20 Å². The normalized spacial score (nSPS) is 13.5. The van der Waals surface area contributed by atoms with E-state index in [1.807, 2.05) is 12.3 Å². The van der Waals surface area contributed by atoms with Gasteiger partial charge in [0.1, 0.15) is 4.21 Å². The van der Waals surface area contributed by atoms with Crippen LogP contribution in [-0.4, -0.2) is 25.2 Å². The molecule has 3 N–H and O–H groups in total. The van der Waals surface area contributed by atoms with Gasteiger partial charge in [0.2, 0.25) is 0 Å². The van der Waals surface area contributed by atoms with E-state index in [1.165, 1.54) is 11.3 Å². The summed E-state index contributed by atoms with van der Waals surface area (Å²) in [7, 11) is -3.49. The SMILES string of the molecule is CCNCc1csc(S(=O)(=O)NC(C)c2cn[nH]c2)c1. The minimum Gasteiger partial charge on any atom is -0.313 e. The van der Waals surface area contributed by atoms with Crippen LogP contribution in [-0.2, 0) is 16.6 Å². The molecule has 0 amide bonds. The van der Waals surface area contributed by atoms with Gasteiger partial charge in [0.15, 0.2) is 0 Å². The van der Waals surface area contributed by atoms with E-state index in [2.05, 4.69) is 20.2 Å². The Labute approximate surface area is 122 Å². The number of nitrogens with zero attached hydrogens (tertiary/aromatic N) is 1. The molecule has 0 saturated heterocycles. The van der Waals surface area contributed by atoms with Crippen molar-refractivity contribution in [2.45, 2.75) is 30.6 Å². The van der Waals surface area contributed by atoms with Crippen molar-refractivity contribution in [3.63, 3.8) is 0 Å². The van der Waals surface area contributed by atoms with Crippen LogP contribution in [0.3, 0.4) is 0 Å². The average Bonchev–Trinajstić information content (AvgIpc) is 3.07. The van der Waals surface area contributed by atoms with Crippen LogP contribution >= 0.6 is 11.3 Å². The Morgan fingerprint density at radius 3 is 2.95 bits per heavy atom. The Balaban J connectivity index is 2.08. The first-order valence-corrected chi connectivity index (χ1v) is 8.68. The number of nitrogens with one attached hydrogen (secondary N) is 3. The Bertz CT molecular complexity index is 634. The zero-order valence-corrected chi connectivity index (χ0v) is 13.0. The molecular weight excluding hydrogens is 296 g/mol. The predicted molar refractivity (Wildman–Crippen MR) is 79.0 cm³/mol. The molecule has 0 aliphatic heterocycles. The van der Waals surface area contributed by atoms with Crippen LogP contribution < -0.4 is 10.0 Å². The molecule has 0 aromatic carbocycles. The highest BCUT2D eigenvalue weighted by Crippen LogP contribution is 2.22. The Morgan fingerprint density at radius 2 is 2.30 bits per heavy atom. The lowest BCUT2D eigenvalue weighted by molar-refractivity contribution is 0.569. The molecule has 0 spiro atoms. The van der Waals surface area contributed by atoms with Crippen LogP contribution in [0.15, 0.2) is 28.0 Å². The topological polar surface area (TPSA) is 86.9 Å². The molecule has 6 nitrogen and oxygen atoms in total. The number of aromatic nitrogens is 2. The maximum Gasteiger partial charge on any atom is 0.250 e. The Hall–Kier alpha value is -1.22. The highest BCUT2D eigenvalue weighted by Gasteiger charge is 2.20. The van der Waals surface area contributed by atoms with E-state index in [4.69, 9.17) is 0 Å². The molecule has 110 valence electrons. The van der Waals surface area contributed by atoms with Crippen molar-refractivity contribution in [3.8, 4) is 0 Å². The molecule has 2 aromatic heterocycles. The van der Waals surface area contributed by atoms with E-state index in [0.29, 0.717) is 10.8 Å². The van der Waals surface area contributed by atoms with Gasteiger partial charge >= 0.3 is 0 Å². The molecule has 0 radical (unpaired) electrons. The van der Waals surface area contributed by atoms with Crippen molar-refractivity contribution in [1.29, 1.82) is 0 Å². The summed E-state index contributed by atoms with van der Waals surface area (Å²) in [5, 5.41) is 11.5. The third-order valence-electron chi connectivity index (χ3n) is 2.82. The molecule has 20 heavy (non-hydrogen) atoms. The number of hydrogen-bond donors (Lipinski definition) is 3. The summed E-state index contributed by atoms with van der Waals surface area (Å²) in [4.78, 5) is 0. The lowest BCUT2D eigenvalue weighted by atomic mass is 10.2. The van der Waals surface area contributed by atoms with Crippen LogP contribution in [0.25, 0.3) is 0 Å². The van der Waals surface area contributed by atoms with Gasteiger partial charge in [-0.05, 0) is 30.5 Å². The van der Waals surface area contributed by atoms with Crippen LogP contribution in [0.4, 0.5) is 0 Å². The Kier molecular flexibility index (Phi) is 4.92. The molecule has 0 bridgehead atoms. The van der Waals surface area contributed by atoms with Crippen molar-refractivity contribution in [1.82, 2.24) is 20.2 Å². The van der Waals surface area contributed by atoms with Crippen LogP contribution in [0.5, 0.6) is 0 Å². The second kappa shape index (κ2) is 6.49. The largest absolute Gasteiger partial charge is 0.313 e. The maximum absolute atomic E-state index is 12.3. The molecule has 8 heteroatoms. The van der Waals surface area contributed by atoms with Gasteiger partial charge in [-0.1, -0.05) is 6.92 Å². The highest BCUT2D eigenvalue weighted by molar-refractivity contribution is 7.91. The zero-order chi connectivity index (χ0) is 14.6. The Morgan fingerprint density at radius 1 is 1.50 bits per heavy atom. The summed E-state index contributed by atoms with van der Waals surface area (Å²) < 4.78 is 27.5. The monoisotopic (exact) mass is 314 g/mol. The fraction of sp³-hybridized carbons (Fsp3) is 0.417. The lowest BCUT2D eigenvalue weighted by Gasteiger charge is -2.11.